The van der Waals surface area contributed by atoms with Gasteiger partial charge in [-0.25, -0.2) is 0 Å². The average molecular weight is 404 g/mol. The molecule has 2 amide bonds. The normalized spacial score (nSPS) is 15.7. The molecule has 1 aliphatic rings. The number of carbonyl (C=O) groups excluding carboxylic acids is 2. The quantitative estimate of drug-likeness (QED) is 0.712. The Bertz CT molecular complexity index is 942. The van der Waals surface area contributed by atoms with Crippen molar-refractivity contribution >= 4 is 40.6 Å². The SMILES string of the molecule is CCOc1cc(/C=C2\SC(=O)N(Cc3ccccc3C)C2=O)cc(Cl)c1O. The third kappa shape index (κ3) is 4.12. The van der Waals surface area contributed by atoms with Gasteiger partial charge in [0.1, 0.15) is 0 Å². The number of amides is 2. The van der Waals surface area contributed by atoms with E-state index in [0.29, 0.717) is 17.1 Å². The molecule has 1 fully saturated rings. The third-order valence-corrected chi connectivity index (χ3v) is 5.31. The molecule has 1 heterocycles. The van der Waals surface area contributed by atoms with Crippen LogP contribution in [0.5, 0.6) is 11.5 Å². The van der Waals surface area contributed by atoms with E-state index in [0.717, 1.165) is 22.9 Å². The molecule has 0 aliphatic carbocycles. The number of imide groups is 1. The number of hydrogen-bond donors (Lipinski definition) is 1. The first-order valence-corrected chi connectivity index (χ1v) is 9.55. The van der Waals surface area contributed by atoms with Gasteiger partial charge in [0, 0.05) is 0 Å². The fraction of sp³-hybridized carbons (Fsp3) is 0.200. The van der Waals surface area contributed by atoms with E-state index in [9.17, 15) is 14.7 Å². The van der Waals surface area contributed by atoms with Crippen molar-refractivity contribution in [1.82, 2.24) is 4.90 Å². The van der Waals surface area contributed by atoms with Gasteiger partial charge in [0.25, 0.3) is 11.1 Å². The van der Waals surface area contributed by atoms with Crippen LogP contribution in [0.15, 0.2) is 41.3 Å². The number of aryl methyl sites for hydroxylation is 1. The summed E-state index contributed by atoms with van der Waals surface area (Å²) in [6, 6.07) is 10.7. The number of rotatable bonds is 5. The summed E-state index contributed by atoms with van der Waals surface area (Å²) < 4.78 is 5.35. The van der Waals surface area contributed by atoms with Gasteiger partial charge in [0.15, 0.2) is 11.5 Å². The number of carbonyl (C=O) groups is 2. The second kappa shape index (κ2) is 8.06. The summed E-state index contributed by atoms with van der Waals surface area (Å²) in [4.78, 5) is 26.6. The molecule has 2 aromatic carbocycles. The van der Waals surface area contributed by atoms with Crippen LogP contribution in [-0.2, 0) is 11.3 Å². The highest BCUT2D eigenvalue weighted by Gasteiger charge is 2.35. The van der Waals surface area contributed by atoms with Gasteiger partial charge in [-0.3, -0.25) is 14.5 Å². The van der Waals surface area contributed by atoms with E-state index in [1.165, 1.54) is 11.0 Å². The minimum absolute atomic E-state index is 0.117. The number of thioether (sulfide) groups is 1. The summed E-state index contributed by atoms with van der Waals surface area (Å²) in [6.07, 6.45) is 1.58. The van der Waals surface area contributed by atoms with Crippen LogP contribution in [0.4, 0.5) is 4.79 Å². The zero-order valence-electron chi connectivity index (χ0n) is 14.9. The second-order valence-electron chi connectivity index (χ2n) is 5.98. The molecule has 3 rings (SSSR count). The number of halogens is 1. The van der Waals surface area contributed by atoms with E-state index in [4.69, 9.17) is 16.3 Å². The topological polar surface area (TPSA) is 66.8 Å². The van der Waals surface area contributed by atoms with Crippen LogP contribution in [0.1, 0.15) is 23.6 Å². The van der Waals surface area contributed by atoms with Crippen molar-refractivity contribution in [2.24, 2.45) is 0 Å². The molecular weight excluding hydrogens is 386 g/mol. The molecule has 1 N–H and O–H groups in total. The minimum Gasteiger partial charge on any atom is -0.503 e. The minimum atomic E-state index is -0.351. The lowest BCUT2D eigenvalue weighted by molar-refractivity contribution is -0.123. The van der Waals surface area contributed by atoms with E-state index < -0.39 is 0 Å². The Balaban J connectivity index is 1.87. The lowest BCUT2D eigenvalue weighted by Crippen LogP contribution is -2.27. The smallest absolute Gasteiger partial charge is 0.293 e. The van der Waals surface area contributed by atoms with Gasteiger partial charge in [0.2, 0.25) is 0 Å². The van der Waals surface area contributed by atoms with Gasteiger partial charge in [-0.2, -0.15) is 0 Å². The molecule has 0 spiro atoms. The molecule has 27 heavy (non-hydrogen) atoms. The lowest BCUT2D eigenvalue weighted by atomic mass is 10.1. The molecule has 140 valence electrons. The first-order valence-electron chi connectivity index (χ1n) is 8.36. The maximum atomic E-state index is 12.7. The number of aromatic hydroxyl groups is 1. The van der Waals surface area contributed by atoms with Crippen LogP contribution in [0.25, 0.3) is 6.08 Å². The van der Waals surface area contributed by atoms with E-state index in [1.807, 2.05) is 31.2 Å². The Morgan fingerprint density at radius 3 is 2.70 bits per heavy atom. The second-order valence-corrected chi connectivity index (χ2v) is 7.38. The highest BCUT2D eigenvalue weighted by atomic mass is 35.5. The van der Waals surface area contributed by atoms with E-state index >= 15 is 0 Å². The Kier molecular flexibility index (Phi) is 5.77. The standard InChI is InChI=1S/C20H18ClNO4S/c1-3-26-16-9-13(8-15(21)18(16)23)10-17-19(24)22(20(25)27-17)11-14-7-5-4-6-12(14)2/h4-10,23H,3,11H2,1-2H3/b17-10-. The molecule has 0 atom stereocenters. The predicted octanol–water partition coefficient (Wildman–Crippen LogP) is 4.99. The average Bonchev–Trinajstić information content (AvgIpc) is 2.88. The van der Waals surface area contributed by atoms with Crippen molar-refractivity contribution in [1.29, 1.82) is 0 Å². The molecule has 0 aromatic heterocycles. The van der Waals surface area contributed by atoms with Crippen LogP contribution in [-0.4, -0.2) is 27.8 Å². The number of ether oxygens (including phenoxy) is 1. The number of hydrogen-bond acceptors (Lipinski definition) is 5. The monoisotopic (exact) mass is 403 g/mol. The largest absolute Gasteiger partial charge is 0.503 e. The fourth-order valence-electron chi connectivity index (χ4n) is 2.69. The van der Waals surface area contributed by atoms with Crippen molar-refractivity contribution in [2.75, 3.05) is 6.61 Å². The van der Waals surface area contributed by atoms with Gasteiger partial charge < -0.3 is 9.84 Å². The Hall–Kier alpha value is -2.44. The van der Waals surface area contributed by atoms with Crippen LogP contribution in [0.3, 0.4) is 0 Å². The maximum Gasteiger partial charge on any atom is 0.293 e. The zero-order chi connectivity index (χ0) is 19.6. The Morgan fingerprint density at radius 1 is 1.26 bits per heavy atom. The molecule has 0 bridgehead atoms. The van der Waals surface area contributed by atoms with Gasteiger partial charge in [-0.05, 0) is 60.5 Å². The van der Waals surface area contributed by atoms with Crippen LogP contribution in [0, 0.1) is 6.92 Å². The predicted molar refractivity (Wildman–Crippen MR) is 107 cm³/mol. The third-order valence-electron chi connectivity index (χ3n) is 4.11. The summed E-state index contributed by atoms with van der Waals surface area (Å²) in [7, 11) is 0. The van der Waals surface area contributed by atoms with Crippen LogP contribution < -0.4 is 4.74 Å². The number of phenolic OH excluding ortho intramolecular Hbond substituents is 1. The molecule has 1 aliphatic heterocycles. The van der Waals surface area contributed by atoms with Gasteiger partial charge in [0.05, 0.1) is 23.1 Å². The summed E-state index contributed by atoms with van der Waals surface area (Å²) in [5.74, 6) is -0.269. The summed E-state index contributed by atoms with van der Waals surface area (Å²) >= 11 is 6.91. The maximum absolute atomic E-state index is 12.7. The summed E-state index contributed by atoms with van der Waals surface area (Å²) in [5, 5.41) is 9.73. The molecule has 7 heteroatoms. The van der Waals surface area contributed by atoms with Crippen LogP contribution in [0.2, 0.25) is 5.02 Å². The van der Waals surface area contributed by atoms with E-state index in [-0.39, 0.29) is 34.2 Å². The van der Waals surface area contributed by atoms with Gasteiger partial charge in [-0.15, -0.1) is 0 Å². The molecule has 1 saturated heterocycles. The first-order chi connectivity index (χ1) is 12.9. The van der Waals surface area contributed by atoms with Crippen molar-refractivity contribution in [3.63, 3.8) is 0 Å². The van der Waals surface area contributed by atoms with Gasteiger partial charge >= 0.3 is 0 Å². The first kappa shape index (κ1) is 19.3. The van der Waals surface area contributed by atoms with Crippen molar-refractivity contribution < 1.29 is 19.4 Å². The molecule has 2 aromatic rings. The molecule has 0 unspecified atom stereocenters. The zero-order valence-corrected chi connectivity index (χ0v) is 16.4. The molecule has 0 saturated carbocycles. The van der Waals surface area contributed by atoms with Crippen molar-refractivity contribution in [3.8, 4) is 11.5 Å². The Morgan fingerprint density at radius 2 is 2.00 bits per heavy atom. The fourth-order valence-corrected chi connectivity index (χ4v) is 3.75. The highest BCUT2D eigenvalue weighted by Crippen LogP contribution is 2.38. The molecule has 0 radical (unpaired) electrons. The summed E-state index contributed by atoms with van der Waals surface area (Å²) in [5.41, 5.74) is 2.52. The van der Waals surface area contributed by atoms with Crippen molar-refractivity contribution in [2.45, 2.75) is 20.4 Å². The molecular formula is C20H18ClNO4S. The Labute approximate surface area is 166 Å². The number of nitrogens with zero attached hydrogens (tertiary/aromatic N) is 1. The number of benzene rings is 2. The highest BCUT2D eigenvalue weighted by molar-refractivity contribution is 8.18. The lowest BCUT2D eigenvalue weighted by Gasteiger charge is -2.14. The van der Waals surface area contributed by atoms with Crippen LogP contribution >= 0.6 is 23.4 Å². The van der Waals surface area contributed by atoms with E-state index in [1.54, 1.807) is 19.1 Å². The summed E-state index contributed by atoms with van der Waals surface area (Å²) in [6.45, 7) is 4.32. The van der Waals surface area contributed by atoms with E-state index in [2.05, 4.69) is 0 Å². The van der Waals surface area contributed by atoms with Gasteiger partial charge in [-0.1, -0.05) is 35.9 Å². The van der Waals surface area contributed by atoms with Crippen molar-refractivity contribution in [3.05, 3.63) is 63.0 Å². The number of phenols is 1. The molecule has 5 nitrogen and oxygen atoms in total.